The molecule has 1 saturated heterocycles. The van der Waals surface area contributed by atoms with E-state index in [2.05, 4.69) is 14.9 Å². The number of anilines is 1. The van der Waals surface area contributed by atoms with Crippen LogP contribution in [0.1, 0.15) is 31.2 Å². The lowest BCUT2D eigenvalue weighted by Crippen LogP contribution is -2.35. The van der Waals surface area contributed by atoms with E-state index >= 15 is 0 Å². The second kappa shape index (κ2) is 8.99. The molecule has 1 aliphatic carbocycles. The molecule has 1 aromatic carbocycles. The summed E-state index contributed by atoms with van der Waals surface area (Å²) >= 11 is 5.87. The van der Waals surface area contributed by atoms with Gasteiger partial charge in [-0.25, -0.2) is 9.97 Å². The average Bonchev–Trinajstić information content (AvgIpc) is 3.49. The molecule has 29 heavy (non-hydrogen) atoms. The maximum Gasteiger partial charge on any atom is 0.307 e. The molecular formula is C22H26ClN3O3. The van der Waals surface area contributed by atoms with Gasteiger partial charge in [0.15, 0.2) is 0 Å². The number of halogens is 1. The number of aliphatic carboxylic acids is 1. The minimum Gasteiger partial charge on any atom is -0.494 e. The molecular weight excluding hydrogens is 390 g/mol. The maximum atomic E-state index is 10.7. The average molecular weight is 416 g/mol. The van der Waals surface area contributed by atoms with Gasteiger partial charge in [-0.1, -0.05) is 23.7 Å². The van der Waals surface area contributed by atoms with Crippen LogP contribution in [0, 0.1) is 17.8 Å². The highest BCUT2D eigenvalue weighted by Gasteiger charge is 2.43. The first-order valence-corrected chi connectivity index (χ1v) is 10.6. The number of piperidine rings is 1. The number of rotatable bonds is 8. The summed E-state index contributed by atoms with van der Waals surface area (Å²) in [4.78, 5) is 21.6. The molecule has 1 aliphatic heterocycles. The van der Waals surface area contributed by atoms with Gasteiger partial charge in [0.2, 0.25) is 5.95 Å². The first kappa shape index (κ1) is 20.0. The molecule has 0 bridgehead atoms. The second-order valence-corrected chi connectivity index (χ2v) is 8.47. The Hall–Kier alpha value is -2.34. The highest BCUT2D eigenvalue weighted by atomic mass is 35.5. The Morgan fingerprint density at radius 1 is 1.17 bits per heavy atom. The van der Waals surface area contributed by atoms with Crippen molar-refractivity contribution in [1.29, 1.82) is 0 Å². The van der Waals surface area contributed by atoms with E-state index < -0.39 is 5.97 Å². The number of nitrogens with zero attached hydrogens (tertiary/aromatic N) is 3. The van der Waals surface area contributed by atoms with Gasteiger partial charge in [-0.3, -0.25) is 4.79 Å². The highest BCUT2D eigenvalue weighted by molar-refractivity contribution is 6.30. The second-order valence-electron chi connectivity index (χ2n) is 8.04. The summed E-state index contributed by atoms with van der Waals surface area (Å²) in [5.41, 5.74) is 0.794. The normalized spacial score (nSPS) is 21.8. The molecule has 0 unspecified atom stereocenters. The Labute approximate surface area is 175 Å². The molecule has 0 amide bonds. The van der Waals surface area contributed by atoms with Gasteiger partial charge in [0, 0.05) is 13.1 Å². The molecule has 1 N–H and O–H groups in total. The first-order chi connectivity index (χ1) is 14.1. The van der Waals surface area contributed by atoms with Crippen LogP contribution in [0.5, 0.6) is 5.75 Å². The smallest absolute Gasteiger partial charge is 0.307 e. The monoisotopic (exact) mass is 415 g/mol. The largest absolute Gasteiger partial charge is 0.494 e. The van der Waals surface area contributed by atoms with Gasteiger partial charge in [0.1, 0.15) is 5.75 Å². The molecule has 2 atom stereocenters. The van der Waals surface area contributed by atoms with Crippen molar-refractivity contribution in [3.8, 4) is 5.75 Å². The Balaban J connectivity index is 1.16. The summed E-state index contributed by atoms with van der Waals surface area (Å²) in [6.45, 7) is 2.74. The number of hydrogen-bond acceptors (Lipinski definition) is 5. The zero-order chi connectivity index (χ0) is 20.2. The van der Waals surface area contributed by atoms with E-state index in [1.807, 2.05) is 24.3 Å². The van der Waals surface area contributed by atoms with Crippen LogP contribution in [0.4, 0.5) is 5.95 Å². The number of aromatic nitrogens is 2. The van der Waals surface area contributed by atoms with E-state index in [1.165, 1.54) is 19.3 Å². The lowest BCUT2D eigenvalue weighted by atomic mass is 9.90. The number of carboxylic acids is 1. The van der Waals surface area contributed by atoms with Crippen molar-refractivity contribution in [2.75, 3.05) is 24.6 Å². The molecule has 1 saturated carbocycles. The lowest BCUT2D eigenvalue weighted by molar-refractivity contribution is -0.136. The Kier molecular flexibility index (Phi) is 6.19. The van der Waals surface area contributed by atoms with Gasteiger partial charge in [-0.2, -0.15) is 0 Å². The summed E-state index contributed by atoms with van der Waals surface area (Å²) in [5, 5.41) is 9.39. The van der Waals surface area contributed by atoms with E-state index in [-0.39, 0.29) is 6.42 Å². The topological polar surface area (TPSA) is 75.6 Å². The molecule has 2 aromatic rings. The van der Waals surface area contributed by atoms with Crippen molar-refractivity contribution in [3.63, 3.8) is 0 Å². The summed E-state index contributed by atoms with van der Waals surface area (Å²) < 4.78 is 5.85. The third-order valence-electron chi connectivity index (χ3n) is 6.05. The van der Waals surface area contributed by atoms with Crippen LogP contribution in [0.3, 0.4) is 0 Å². The molecule has 7 heteroatoms. The zero-order valence-corrected chi connectivity index (χ0v) is 17.1. The van der Waals surface area contributed by atoms with Crippen LogP contribution in [0.25, 0.3) is 0 Å². The van der Waals surface area contributed by atoms with Gasteiger partial charge < -0.3 is 14.7 Å². The molecule has 1 aromatic heterocycles. The number of carboxylic acid groups (broad SMARTS) is 1. The summed E-state index contributed by atoms with van der Waals surface area (Å²) in [5.74, 6) is 3.16. The summed E-state index contributed by atoms with van der Waals surface area (Å²) in [6.07, 6.45) is 8.15. The summed E-state index contributed by atoms with van der Waals surface area (Å²) in [6, 6.07) is 7.36. The predicted octanol–water partition coefficient (Wildman–Crippen LogP) is 4.08. The Morgan fingerprint density at radius 2 is 1.86 bits per heavy atom. The predicted molar refractivity (Wildman–Crippen MR) is 111 cm³/mol. The van der Waals surface area contributed by atoms with Crippen LogP contribution in [-0.4, -0.2) is 40.7 Å². The van der Waals surface area contributed by atoms with Crippen molar-refractivity contribution in [3.05, 3.63) is 47.2 Å². The standard InChI is InChI=1S/C22H26ClN3O3/c23-18-13-24-22(25-14-18)26-8-5-16(6-9-26)20-12-17(20)7-10-29-19-3-1-15(2-4-19)11-21(27)28/h1-4,13-14,16-17,20H,5-12H2,(H,27,28)/t17-,20-/m1/s1. The van der Waals surface area contributed by atoms with Crippen molar-refractivity contribution in [2.24, 2.45) is 17.8 Å². The van der Waals surface area contributed by atoms with Crippen molar-refractivity contribution in [1.82, 2.24) is 9.97 Å². The van der Waals surface area contributed by atoms with E-state index in [4.69, 9.17) is 21.4 Å². The van der Waals surface area contributed by atoms with Crippen LogP contribution in [0.2, 0.25) is 5.02 Å². The third kappa shape index (κ3) is 5.38. The molecule has 2 heterocycles. The minimum absolute atomic E-state index is 0.0486. The van der Waals surface area contributed by atoms with Crippen LogP contribution in [-0.2, 0) is 11.2 Å². The molecule has 0 radical (unpaired) electrons. The minimum atomic E-state index is -0.815. The Morgan fingerprint density at radius 3 is 2.52 bits per heavy atom. The maximum absolute atomic E-state index is 10.7. The molecule has 154 valence electrons. The fourth-order valence-corrected chi connectivity index (χ4v) is 4.48. The van der Waals surface area contributed by atoms with Crippen molar-refractivity contribution in [2.45, 2.75) is 32.1 Å². The van der Waals surface area contributed by atoms with Crippen LogP contribution < -0.4 is 9.64 Å². The van der Waals surface area contributed by atoms with Gasteiger partial charge in [-0.05, 0) is 61.1 Å². The molecule has 2 fully saturated rings. The van der Waals surface area contributed by atoms with E-state index in [9.17, 15) is 4.79 Å². The summed E-state index contributed by atoms with van der Waals surface area (Å²) in [7, 11) is 0. The Bertz CT molecular complexity index is 820. The van der Waals surface area contributed by atoms with Crippen LogP contribution in [0.15, 0.2) is 36.7 Å². The lowest BCUT2D eigenvalue weighted by Gasteiger charge is -2.32. The number of hydrogen-bond donors (Lipinski definition) is 1. The van der Waals surface area contributed by atoms with E-state index in [0.717, 1.165) is 61.1 Å². The van der Waals surface area contributed by atoms with Crippen LogP contribution >= 0.6 is 11.6 Å². The molecule has 2 aliphatic rings. The molecule has 4 rings (SSSR count). The number of carbonyl (C=O) groups is 1. The van der Waals surface area contributed by atoms with Gasteiger partial charge in [0.25, 0.3) is 0 Å². The molecule has 0 spiro atoms. The third-order valence-corrected chi connectivity index (χ3v) is 6.24. The first-order valence-electron chi connectivity index (χ1n) is 10.2. The van der Waals surface area contributed by atoms with E-state index in [1.54, 1.807) is 12.4 Å². The number of benzene rings is 1. The van der Waals surface area contributed by atoms with Gasteiger partial charge in [0.05, 0.1) is 30.4 Å². The SMILES string of the molecule is O=C(O)Cc1ccc(OCC[C@@H]2C[C@@H]2C2CCN(c3ncc(Cl)cn3)CC2)cc1. The quantitative estimate of drug-likeness (QED) is 0.700. The number of ether oxygens (including phenoxy) is 1. The van der Waals surface area contributed by atoms with Gasteiger partial charge >= 0.3 is 5.97 Å². The molecule has 6 nitrogen and oxygen atoms in total. The highest BCUT2D eigenvalue weighted by Crippen LogP contribution is 2.49. The fourth-order valence-electron chi connectivity index (χ4n) is 4.38. The van der Waals surface area contributed by atoms with E-state index in [0.29, 0.717) is 5.02 Å². The zero-order valence-electron chi connectivity index (χ0n) is 16.3. The van der Waals surface area contributed by atoms with Crippen molar-refractivity contribution >= 4 is 23.5 Å². The van der Waals surface area contributed by atoms with Crippen molar-refractivity contribution < 1.29 is 14.6 Å². The van der Waals surface area contributed by atoms with Gasteiger partial charge in [-0.15, -0.1) is 0 Å². The fraction of sp³-hybridized carbons (Fsp3) is 0.500.